The molecule has 0 aliphatic heterocycles. The maximum Gasteiger partial charge on any atom is 0.253 e. The van der Waals surface area contributed by atoms with Crippen molar-refractivity contribution < 1.29 is 17.9 Å². The van der Waals surface area contributed by atoms with E-state index in [9.17, 15) is 13.2 Å². The summed E-state index contributed by atoms with van der Waals surface area (Å²) in [5, 5.41) is 2.29. The van der Waals surface area contributed by atoms with E-state index in [2.05, 4.69) is 23.9 Å². The molecule has 0 heterocycles. The molecular formula is C23H32N2O4S. The first-order valence-electron chi connectivity index (χ1n) is 10.2. The molecule has 0 fully saturated rings. The second-order valence-electron chi connectivity index (χ2n) is 7.98. The molecule has 0 radical (unpaired) electrons. The summed E-state index contributed by atoms with van der Waals surface area (Å²) < 4.78 is 32.0. The number of hydrogen-bond donors (Lipinski definition) is 2. The molecule has 0 aliphatic rings. The lowest BCUT2D eigenvalue weighted by atomic mass is 10.0. The van der Waals surface area contributed by atoms with E-state index in [1.54, 1.807) is 13.8 Å². The van der Waals surface area contributed by atoms with E-state index in [-0.39, 0.29) is 18.6 Å². The molecule has 30 heavy (non-hydrogen) atoms. The Labute approximate surface area is 180 Å². The van der Waals surface area contributed by atoms with E-state index in [0.717, 1.165) is 5.56 Å². The van der Waals surface area contributed by atoms with Crippen molar-refractivity contribution >= 4 is 15.9 Å². The molecule has 1 atom stereocenters. The summed E-state index contributed by atoms with van der Waals surface area (Å²) in [4.78, 5) is 12.2. The number of rotatable bonds is 10. The Morgan fingerprint density at radius 3 is 2.00 bits per heavy atom. The van der Waals surface area contributed by atoms with E-state index in [1.807, 2.05) is 55.5 Å². The largest absolute Gasteiger partial charge is 0.473 e. The van der Waals surface area contributed by atoms with Gasteiger partial charge in [0.1, 0.15) is 5.75 Å². The molecule has 2 N–H and O–H groups in total. The molecule has 0 spiro atoms. The number of carbonyl (C=O) groups excluding carboxylic acids is 1. The van der Waals surface area contributed by atoms with Gasteiger partial charge >= 0.3 is 0 Å². The topological polar surface area (TPSA) is 84.5 Å². The lowest BCUT2D eigenvalue weighted by Crippen LogP contribution is -2.33. The van der Waals surface area contributed by atoms with Gasteiger partial charge in [-0.25, -0.2) is 13.1 Å². The van der Waals surface area contributed by atoms with E-state index in [1.165, 1.54) is 5.56 Å². The second kappa shape index (κ2) is 10.6. The Bertz CT molecular complexity index is 921. The highest BCUT2D eigenvalue weighted by molar-refractivity contribution is 7.90. The van der Waals surface area contributed by atoms with Crippen LogP contribution in [0, 0.1) is 0 Å². The Hall–Kier alpha value is -2.38. The summed E-state index contributed by atoms with van der Waals surface area (Å²) in [6, 6.07) is 15.0. The Morgan fingerprint density at radius 1 is 0.900 bits per heavy atom. The van der Waals surface area contributed by atoms with Gasteiger partial charge in [0.15, 0.2) is 6.73 Å². The molecule has 6 nitrogen and oxygen atoms in total. The number of hydrogen-bond acceptors (Lipinski definition) is 4. The number of ether oxygens (including phenoxy) is 1. The van der Waals surface area contributed by atoms with Gasteiger partial charge in [0, 0.05) is 12.1 Å². The molecule has 0 aromatic heterocycles. The molecule has 0 saturated carbocycles. The van der Waals surface area contributed by atoms with Gasteiger partial charge in [-0.1, -0.05) is 45.0 Å². The monoisotopic (exact) mass is 432 g/mol. The minimum Gasteiger partial charge on any atom is -0.473 e. The van der Waals surface area contributed by atoms with Crippen molar-refractivity contribution in [3.05, 3.63) is 65.2 Å². The highest BCUT2D eigenvalue weighted by Gasteiger charge is 2.17. The van der Waals surface area contributed by atoms with Crippen LogP contribution in [0.25, 0.3) is 0 Å². The molecule has 0 saturated heterocycles. The van der Waals surface area contributed by atoms with Crippen LogP contribution in [0.15, 0.2) is 48.5 Å². The van der Waals surface area contributed by atoms with Gasteiger partial charge in [0.05, 0.1) is 5.25 Å². The van der Waals surface area contributed by atoms with Gasteiger partial charge < -0.3 is 10.1 Å². The summed E-state index contributed by atoms with van der Waals surface area (Å²) >= 11 is 0. The van der Waals surface area contributed by atoms with Crippen LogP contribution in [0.3, 0.4) is 0 Å². The highest BCUT2D eigenvalue weighted by Crippen LogP contribution is 2.19. The van der Waals surface area contributed by atoms with Gasteiger partial charge in [0.2, 0.25) is 10.0 Å². The van der Waals surface area contributed by atoms with Crippen molar-refractivity contribution in [1.82, 2.24) is 10.0 Å². The van der Waals surface area contributed by atoms with Crippen LogP contribution >= 0.6 is 0 Å². The summed E-state index contributed by atoms with van der Waals surface area (Å²) in [5.74, 6) is 0.893. The minimum atomic E-state index is -3.27. The van der Waals surface area contributed by atoms with Gasteiger partial charge in [-0.2, -0.15) is 0 Å². The first-order valence-corrected chi connectivity index (χ1v) is 11.7. The lowest BCUT2D eigenvalue weighted by Gasteiger charge is -2.15. The highest BCUT2D eigenvalue weighted by atomic mass is 32.2. The predicted octanol–water partition coefficient (Wildman–Crippen LogP) is 4.01. The fourth-order valence-corrected chi connectivity index (χ4v) is 3.54. The molecule has 0 bridgehead atoms. The fourth-order valence-electron chi connectivity index (χ4n) is 2.72. The van der Waals surface area contributed by atoms with Crippen LogP contribution < -0.4 is 14.8 Å². The third-order valence-electron chi connectivity index (χ3n) is 4.97. The van der Waals surface area contributed by atoms with Crippen LogP contribution in [0.2, 0.25) is 0 Å². The van der Waals surface area contributed by atoms with Crippen LogP contribution in [-0.2, 0) is 10.0 Å². The SMILES string of the molecule is CC(C)c1ccc(C(=O)NCOc2ccc(C(C)CNS(=O)(=O)C(C)C)cc2)cc1. The van der Waals surface area contributed by atoms with Crippen molar-refractivity contribution in [2.24, 2.45) is 0 Å². The number of amides is 1. The molecule has 0 aliphatic carbocycles. The van der Waals surface area contributed by atoms with E-state index in [0.29, 0.717) is 23.8 Å². The van der Waals surface area contributed by atoms with Crippen LogP contribution in [0.5, 0.6) is 5.75 Å². The number of nitrogens with one attached hydrogen (secondary N) is 2. The average Bonchev–Trinajstić information content (AvgIpc) is 2.72. The molecule has 1 unspecified atom stereocenters. The van der Waals surface area contributed by atoms with E-state index in [4.69, 9.17) is 4.74 Å². The lowest BCUT2D eigenvalue weighted by molar-refractivity contribution is 0.0919. The maximum atomic E-state index is 12.2. The average molecular weight is 433 g/mol. The summed E-state index contributed by atoms with van der Waals surface area (Å²) in [5.41, 5.74) is 2.79. The van der Waals surface area contributed by atoms with Crippen molar-refractivity contribution in [1.29, 1.82) is 0 Å². The van der Waals surface area contributed by atoms with Crippen molar-refractivity contribution in [3.63, 3.8) is 0 Å². The molecule has 164 valence electrons. The summed E-state index contributed by atoms with van der Waals surface area (Å²) in [6.07, 6.45) is 0. The van der Waals surface area contributed by atoms with Crippen molar-refractivity contribution in [3.8, 4) is 5.75 Å². The minimum absolute atomic E-state index is 0.0288. The molecule has 7 heteroatoms. The smallest absolute Gasteiger partial charge is 0.253 e. The number of benzene rings is 2. The molecular weight excluding hydrogens is 400 g/mol. The van der Waals surface area contributed by atoms with Crippen LogP contribution in [0.1, 0.15) is 67.9 Å². The van der Waals surface area contributed by atoms with Gasteiger partial charge in [-0.05, 0) is 61.1 Å². The zero-order valence-corrected chi connectivity index (χ0v) is 19.1. The summed E-state index contributed by atoms with van der Waals surface area (Å²) in [7, 11) is -3.27. The Balaban J connectivity index is 1.82. The Kier molecular flexibility index (Phi) is 8.43. The normalized spacial score (nSPS) is 12.8. The van der Waals surface area contributed by atoms with Gasteiger partial charge in [-0.15, -0.1) is 0 Å². The van der Waals surface area contributed by atoms with Gasteiger partial charge in [0.25, 0.3) is 5.91 Å². The van der Waals surface area contributed by atoms with E-state index >= 15 is 0 Å². The summed E-state index contributed by atoms with van der Waals surface area (Å²) in [6.45, 7) is 9.89. The first-order chi connectivity index (χ1) is 14.1. The zero-order valence-electron chi connectivity index (χ0n) is 18.3. The van der Waals surface area contributed by atoms with Crippen molar-refractivity contribution in [2.75, 3.05) is 13.3 Å². The predicted molar refractivity (Wildman–Crippen MR) is 120 cm³/mol. The second-order valence-corrected chi connectivity index (χ2v) is 10.3. The van der Waals surface area contributed by atoms with Crippen LogP contribution in [-0.4, -0.2) is 32.9 Å². The quantitative estimate of drug-likeness (QED) is 0.556. The fraction of sp³-hybridized carbons (Fsp3) is 0.435. The van der Waals surface area contributed by atoms with E-state index < -0.39 is 15.3 Å². The molecule has 2 aromatic carbocycles. The number of carbonyl (C=O) groups is 1. The third kappa shape index (κ3) is 6.85. The zero-order chi connectivity index (χ0) is 22.3. The molecule has 2 aromatic rings. The molecule has 1 amide bonds. The maximum absolute atomic E-state index is 12.2. The first kappa shape index (κ1) is 23.9. The number of sulfonamides is 1. The molecule has 2 rings (SSSR count). The van der Waals surface area contributed by atoms with Crippen molar-refractivity contribution in [2.45, 2.75) is 51.7 Å². The van der Waals surface area contributed by atoms with Crippen LogP contribution in [0.4, 0.5) is 0 Å². The Morgan fingerprint density at radius 2 is 1.47 bits per heavy atom. The third-order valence-corrected chi connectivity index (χ3v) is 6.78. The van der Waals surface area contributed by atoms with Gasteiger partial charge in [-0.3, -0.25) is 4.79 Å². The standard InChI is InChI=1S/C23H32N2O4S/c1-16(2)19-6-8-21(9-7-19)23(26)24-15-29-22-12-10-20(11-13-22)18(5)14-25-30(27,28)17(3)4/h6-13,16-18,25H,14-15H2,1-5H3,(H,24,26).